The van der Waals surface area contributed by atoms with Crippen LogP contribution in [0, 0.1) is 42.9 Å². The van der Waals surface area contributed by atoms with Crippen LogP contribution in [0.3, 0.4) is 0 Å². The number of fused-ring (bicyclic) bond motifs is 7. The zero-order valence-corrected chi connectivity index (χ0v) is 33.1. The molecular formula is C38H52FN3O16. The molecule has 1 heterocycles. The highest BCUT2D eigenvalue weighted by Gasteiger charge is 2.80. The predicted molar refractivity (Wildman–Crippen MR) is 194 cm³/mol. The van der Waals surface area contributed by atoms with Crippen molar-refractivity contribution in [1.29, 1.82) is 0 Å². The number of nitrogens with zero attached hydrogens (tertiary/aromatic N) is 2. The van der Waals surface area contributed by atoms with E-state index >= 15 is 4.39 Å². The van der Waals surface area contributed by atoms with Crippen LogP contribution in [0.1, 0.15) is 98.3 Å². The lowest BCUT2D eigenvalue weighted by Gasteiger charge is -2.62. The number of ketones is 2. The maximum Gasteiger partial charge on any atom is 0.329 e. The largest absolute Gasteiger partial charge is 0.464 e. The monoisotopic (exact) mass is 825 g/mol. The summed E-state index contributed by atoms with van der Waals surface area (Å²) in [7, 11) is 0. The van der Waals surface area contributed by atoms with E-state index in [4.69, 9.17) is 18.9 Å². The minimum absolute atomic E-state index is 0.108. The molecule has 0 aromatic rings. The maximum atomic E-state index is 17.7. The summed E-state index contributed by atoms with van der Waals surface area (Å²) in [6.45, 7) is 5.24. The lowest BCUT2D eigenvalue weighted by atomic mass is 9.44. The van der Waals surface area contributed by atoms with Gasteiger partial charge >= 0.3 is 11.9 Å². The van der Waals surface area contributed by atoms with Crippen LogP contribution in [0.15, 0.2) is 23.8 Å². The molecule has 1 saturated heterocycles. The fourth-order valence-corrected chi connectivity index (χ4v) is 10.1. The molecule has 5 aliphatic rings. The summed E-state index contributed by atoms with van der Waals surface area (Å²) in [5.74, 6) is -6.18. The zero-order valence-electron chi connectivity index (χ0n) is 33.1. The summed E-state index contributed by atoms with van der Waals surface area (Å²) in [4.78, 5) is 95.0. The molecule has 0 bridgehead atoms. The molecule has 20 heteroatoms. The van der Waals surface area contributed by atoms with Crippen LogP contribution in [-0.4, -0.2) is 106 Å². The Kier molecular flexibility index (Phi) is 13.3. The van der Waals surface area contributed by atoms with Gasteiger partial charge in [0.2, 0.25) is 11.7 Å². The topological polar surface area (TPSA) is 259 Å². The molecule has 322 valence electrons. The number of Topliss-reactive ketones (excluding diaryl/α,β-unsaturated/α-hetero) is 1. The van der Waals surface area contributed by atoms with E-state index in [1.54, 1.807) is 27.7 Å². The molecule has 0 radical (unpaired) electrons. The van der Waals surface area contributed by atoms with Gasteiger partial charge in [-0.15, -0.1) is 20.2 Å². The second kappa shape index (κ2) is 17.3. The maximum absolute atomic E-state index is 17.7. The minimum atomic E-state index is -2.17. The van der Waals surface area contributed by atoms with Gasteiger partial charge in [-0.2, -0.15) is 0 Å². The van der Waals surface area contributed by atoms with Gasteiger partial charge < -0.3 is 39.0 Å². The third-order valence-electron chi connectivity index (χ3n) is 12.6. The number of allylic oxidation sites excluding steroid dienone is 4. The number of unbranched alkanes of at least 4 members (excludes halogenated alkanes) is 3. The van der Waals surface area contributed by atoms with Gasteiger partial charge in [0, 0.05) is 23.2 Å². The Labute approximate surface area is 333 Å². The number of nitrogens with one attached hydrogen (secondary N) is 1. The summed E-state index contributed by atoms with van der Waals surface area (Å²) >= 11 is 0. The number of rotatable bonds is 20. The molecule has 0 spiro atoms. The average molecular weight is 826 g/mol. The van der Waals surface area contributed by atoms with Crippen molar-refractivity contribution in [2.45, 2.75) is 134 Å². The number of aliphatic hydroxyl groups is 1. The SMILES string of the molecule is CC1(C)O[C@@H]2C[C@H]3[C@@H]4CCC5=CC(=O)C=C[C@]5(C)[C@@]4(F)[C@@H](O)C[C@]3(C)[C@@]2(C(=O)COC(=O)CC(NC(=O)CCCCCO[N+](=O)[O-])C(=O)OCCCCO[N+](=O)[O-])O1. The third kappa shape index (κ3) is 8.59. The molecule has 19 nitrogen and oxygen atoms in total. The van der Waals surface area contributed by atoms with E-state index in [1.165, 1.54) is 18.2 Å². The number of carbonyl (C=O) groups is 5. The minimum Gasteiger partial charge on any atom is -0.464 e. The second-order valence-corrected chi connectivity index (χ2v) is 16.6. The van der Waals surface area contributed by atoms with Crippen molar-refractivity contribution in [3.8, 4) is 0 Å². The second-order valence-electron chi connectivity index (χ2n) is 16.6. The van der Waals surface area contributed by atoms with Crippen molar-refractivity contribution in [1.82, 2.24) is 5.32 Å². The van der Waals surface area contributed by atoms with Gasteiger partial charge in [-0.3, -0.25) is 19.2 Å². The Morgan fingerprint density at radius 2 is 1.64 bits per heavy atom. The highest BCUT2D eigenvalue weighted by atomic mass is 19.1. The molecule has 1 aliphatic heterocycles. The molecular weight excluding hydrogens is 773 g/mol. The first-order valence-electron chi connectivity index (χ1n) is 19.6. The van der Waals surface area contributed by atoms with Crippen LogP contribution in [0.25, 0.3) is 0 Å². The quantitative estimate of drug-likeness (QED) is 0.0773. The molecule has 3 saturated carbocycles. The molecule has 58 heavy (non-hydrogen) atoms. The molecule has 0 aromatic heterocycles. The Hall–Kier alpha value is -4.56. The first-order chi connectivity index (χ1) is 27.2. The first-order valence-corrected chi connectivity index (χ1v) is 19.6. The Bertz CT molecular complexity index is 1720. The number of esters is 2. The van der Waals surface area contributed by atoms with Gasteiger partial charge in [0.05, 0.1) is 38.4 Å². The number of aliphatic hydroxyl groups excluding tert-OH is 1. The summed E-state index contributed by atoms with van der Waals surface area (Å²) in [6.07, 6.45) is 2.98. The van der Waals surface area contributed by atoms with Gasteiger partial charge in [0.25, 0.3) is 10.2 Å². The standard InChI is InChI=1S/C38H52FN3O16/c1-34(2)57-30-19-26-25-12-11-23-18-24(43)13-14-35(23,3)37(25,39)28(44)21-36(26,4)38(30,58-34)29(45)22-54-32(47)20-27(33(48)53-15-8-9-17-56-42(51)52)40-31(46)10-6-5-7-16-55-41(49)50/h13-14,18,25-28,30,44H,5-12,15-17,19-22H2,1-4H3,(H,40,46)/t25-,26-,27?,28-,30+,35-,36-,37-,38-/m0/s1. The fraction of sp³-hybridized carbons (Fsp3) is 0.763. The van der Waals surface area contributed by atoms with Gasteiger partial charge in [-0.05, 0) is 90.2 Å². The smallest absolute Gasteiger partial charge is 0.329 e. The van der Waals surface area contributed by atoms with Gasteiger partial charge in [-0.25, -0.2) is 9.18 Å². The number of carbonyl (C=O) groups excluding carboxylic acids is 5. The Balaban J connectivity index is 1.27. The number of hydrogen-bond donors (Lipinski definition) is 2. The van der Waals surface area contributed by atoms with E-state index in [-0.39, 0.29) is 64.1 Å². The number of hydrogen-bond acceptors (Lipinski definition) is 16. The molecule has 2 N–H and O–H groups in total. The molecule has 1 unspecified atom stereocenters. The molecule has 4 fully saturated rings. The van der Waals surface area contributed by atoms with E-state index in [0.717, 1.165) is 0 Å². The normalized spacial score (nSPS) is 33.3. The molecule has 4 aliphatic carbocycles. The van der Waals surface area contributed by atoms with E-state index in [0.29, 0.717) is 31.3 Å². The summed E-state index contributed by atoms with van der Waals surface area (Å²) in [5.41, 5.74) is -5.79. The number of ether oxygens (including phenoxy) is 4. The van der Waals surface area contributed by atoms with Crippen molar-refractivity contribution in [2.75, 3.05) is 26.4 Å². The number of alkyl halides is 1. The van der Waals surface area contributed by atoms with Crippen LogP contribution in [0.5, 0.6) is 0 Å². The van der Waals surface area contributed by atoms with Crippen molar-refractivity contribution >= 4 is 29.4 Å². The van der Waals surface area contributed by atoms with Crippen molar-refractivity contribution in [3.63, 3.8) is 0 Å². The molecule has 9 atom stereocenters. The highest BCUT2D eigenvalue weighted by Crippen LogP contribution is 2.72. The van der Waals surface area contributed by atoms with Crippen molar-refractivity contribution in [3.05, 3.63) is 44.0 Å². The number of halogens is 1. The van der Waals surface area contributed by atoms with E-state index < -0.39 is 105 Å². The Morgan fingerprint density at radius 3 is 2.31 bits per heavy atom. The zero-order chi connectivity index (χ0) is 42.7. The Morgan fingerprint density at radius 1 is 0.983 bits per heavy atom. The first kappa shape index (κ1) is 44.5. The van der Waals surface area contributed by atoms with Crippen molar-refractivity contribution < 1.29 is 72.3 Å². The summed E-state index contributed by atoms with van der Waals surface area (Å²) in [5, 5.41) is 33.0. The third-order valence-corrected chi connectivity index (χ3v) is 12.6. The van der Waals surface area contributed by atoms with Crippen LogP contribution < -0.4 is 5.32 Å². The van der Waals surface area contributed by atoms with Crippen LogP contribution in [0.4, 0.5) is 4.39 Å². The van der Waals surface area contributed by atoms with Crippen LogP contribution in [-0.2, 0) is 52.6 Å². The van der Waals surface area contributed by atoms with Gasteiger partial charge in [-0.1, -0.05) is 25.0 Å². The average Bonchev–Trinajstić information content (AvgIpc) is 3.55. The number of amides is 1. The van der Waals surface area contributed by atoms with Gasteiger partial charge in [0.1, 0.15) is 6.04 Å². The predicted octanol–water partition coefficient (Wildman–Crippen LogP) is 3.15. The summed E-state index contributed by atoms with van der Waals surface area (Å²) < 4.78 is 41.2. The lowest BCUT2D eigenvalue weighted by Crippen LogP contribution is -2.70. The molecule has 5 rings (SSSR count). The van der Waals surface area contributed by atoms with Crippen LogP contribution >= 0.6 is 0 Å². The highest BCUT2D eigenvalue weighted by molar-refractivity contribution is 6.01. The fourth-order valence-electron chi connectivity index (χ4n) is 10.1. The summed E-state index contributed by atoms with van der Waals surface area (Å²) in [6, 6.07) is -1.55. The van der Waals surface area contributed by atoms with E-state index in [9.17, 15) is 49.3 Å². The van der Waals surface area contributed by atoms with E-state index in [2.05, 4.69) is 15.0 Å². The lowest BCUT2D eigenvalue weighted by molar-refractivity contribution is -0.757. The van der Waals surface area contributed by atoms with Crippen molar-refractivity contribution in [2.24, 2.45) is 22.7 Å². The van der Waals surface area contributed by atoms with Gasteiger partial charge in [0.15, 0.2) is 29.4 Å². The van der Waals surface area contributed by atoms with E-state index in [1.807, 2.05) is 0 Å². The molecule has 1 amide bonds. The molecule has 0 aromatic carbocycles. The van der Waals surface area contributed by atoms with Crippen LogP contribution in [0.2, 0.25) is 0 Å².